The number of halogens is 2. The van der Waals surface area contributed by atoms with Gasteiger partial charge in [0.1, 0.15) is 12.4 Å². The fourth-order valence-electron chi connectivity index (χ4n) is 1.18. The van der Waals surface area contributed by atoms with E-state index in [2.05, 4.69) is 15.6 Å². The van der Waals surface area contributed by atoms with E-state index in [1.54, 1.807) is 12.1 Å². The van der Waals surface area contributed by atoms with Gasteiger partial charge in [-0.25, -0.2) is 13.8 Å². The van der Waals surface area contributed by atoms with Crippen LogP contribution < -0.4 is 10.6 Å². The molecule has 0 atom stereocenters. The third-order valence-corrected chi connectivity index (χ3v) is 2.10. The second kappa shape index (κ2) is 6.34. The molecule has 0 spiro atoms. The lowest BCUT2D eigenvalue weighted by Crippen LogP contribution is -2.31. The number of aliphatic hydroxyl groups excluding tert-OH is 1. The highest BCUT2D eigenvalue weighted by Crippen LogP contribution is 2.16. The molecule has 0 radical (unpaired) electrons. The molecular formula is C11H17F2N3O. The van der Waals surface area contributed by atoms with Gasteiger partial charge in [-0.3, -0.25) is 0 Å². The molecule has 0 aliphatic heterocycles. The fourth-order valence-corrected chi connectivity index (χ4v) is 1.18. The van der Waals surface area contributed by atoms with Gasteiger partial charge in [-0.1, -0.05) is 6.92 Å². The topological polar surface area (TPSA) is 57.2 Å². The molecular weight excluding hydrogens is 228 g/mol. The smallest absolute Gasteiger partial charge is 0.287 e. The van der Waals surface area contributed by atoms with Crippen LogP contribution in [0.1, 0.15) is 13.3 Å². The molecule has 96 valence electrons. The summed E-state index contributed by atoms with van der Waals surface area (Å²) in [7, 11) is 0. The lowest BCUT2D eigenvalue weighted by atomic mass is 10.3. The Bertz CT molecular complexity index is 347. The van der Waals surface area contributed by atoms with E-state index < -0.39 is 19.1 Å². The molecule has 1 rings (SSSR count). The highest BCUT2D eigenvalue weighted by molar-refractivity contribution is 5.51. The molecule has 0 aromatic carbocycles. The van der Waals surface area contributed by atoms with Crippen molar-refractivity contribution in [2.75, 3.05) is 30.3 Å². The lowest BCUT2D eigenvalue weighted by molar-refractivity contribution is -0.0372. The van der Waals surface area contributed by atoms with Gasteiger partial charge >= 0.3 is 0 Å². The number of rotatable bonds is 7. The van der Waals surface area contributed by atoms with Crippen molar-refractivity contribution in [2.45, 2.75) is 19.3 Å². The first kappa shape index (κ1) is 13.6. The molecule has 0 bridgehead atoms. The molecule has 4 nitrogen and oxygen atoms in total. The second-order valence-corrected chi connectivity index (χ2v) is 3.72. The van der Waals surface area contributed by atoms with E-state index in [1.807, 2.05) is 6.92 Å². The lowest BCUT2D eigenvalue weighted by Gasteiger charge is -2.15. The molecule has 17 heavy (non-hydrogen) atoms. The van der Waals surface area contributed by atoms with Gasteiger partial charge in [0.15, 0.2) is 0 Å². The van der Waals surface area contributed by atoms with Gasteiger partial charge in [0.25, 0.3) is 5.92 Å². The Labute approximate surface area is 99.1 Å². The third-order valence-electron chi connectivity index (χ3n) is 2.10. The van der Waals surface area contributed by atoms with E-state index in [9.17, 15) is 8.78 Å². The van der Waals surface area contributed by atoms with E-state index in [1.165, 1.54) is 6.20 Å². The number of anilines is 2. The van der Waals surface area contributed by atoms with Crippen molar-refractivity contribution >= 4 is 11.5 Å². The number of aromatic nitrogens is 1. The Morgan fingerprint density at radius 1 is 1.41 bits per heavy atom. The zero-order valence-corrected chi connectivity index (χ0v) is 9.71. The van der Waals surface area contributed by atoms with Gasteiger partial charge in [0, 0.05) is 24.5 Å². The number of alkyl halides is 2. The summed E-state index contributed by atoms with van der Waals surface area (Å²) in [6.07, 6.45) is 2.50. The molecule has 3 N–H and O–H groups in total. The third kappa shape index (κ3) is 4.95. The van der Waals surface area contributed by atoms with Gasteiger partial charge in [0.05, 0.1) is 6.54 Å². The minimum atomic E-state index is -3.11. The van der Waals surface area contributed by atoms with Crippen LogP contribution in [0.3, 0.4) is 0 Å². The van der Waals surface area contributed by atoms with Crippen molar-refractivity contribution in [1.29, 1.82) is 0 Å². The SMILES string of the molecule is CCCNc1cc(NCC(F)(F)CO)ccn1. The predicted octanol–water partition coefficient (Wildman–Crippen LogP) is 1.94. The van der Waals surface area contributed by atoms with Crippen molar-refractivity contribution < 1.29 is 13.9 Å². The first-order chi connectivity index (χ1) is 8.07. The average Bonchev–Trinajstić information content (AvgIpc) is 2.35. The first-order valence-corrected chi connectivity index (χ1v) is 5.50. The van der Waals surface area contributed by atoms with Crippen molar-refractivity contribution in [2.24, 2.45) is 0 Å². The van der Waals surface area contributed by atoms with Crippen LogP contribution in [0.25, 0.3) is 0 Å². The van der Waals surface area contributed by atoms with Crippen LogP contribution in [0.4, 0.5) is 20.3 Å². The van der Waals surface area contributed by atoms with Crippen molar-refractivity contribution in [3.05, 3.63) is 18.3 Å². The molecule has 1 aromatic rings. The Morgan fingerprint density at radius 3 is 2.82 bits per heavy atom. The molecule has 0 saturated heterocycles. The second-order valence-electron chi connectivity index (χ2n) is 3.72. The standard InChI is InChI=1S/C11H17F2N3O/c1-2-4-14-10-6-9(3-5-15-10)16-7-11(12,13)8-17/h3,5-6,17H,2,4,7-8H2,1H3,(H2,14,15,16). The van der Waals surface area contributed by atoms with Crippen molar-refractivity contribution in [3.8, 4) is 0 Å². The summed E-state index contributed by atoms with van der Waals surface area (Å²) in [4.78, 5) is 4.05. The van der Waals surface area contributed by atoms with Crippen LogP contribution in [0, 0.1) is 0 Å². The molecule has 0 saturated carbocycles. The van der Waals surface area contributed by atoms with Gasteiger partial charge in [0.2, 0.25) is 0 Å². The molecule has 1 heterocycles. The summed E-state index contributed by atoms with van der Waals surface area (Å²) in [5, 5.41) is 14.0. The monoisotopic (exact) mass is 245 g/mol. The Kier molecular flexibility index (Phi) is 5.09. The summed E-state index contributed by atoms with van der Waals surface area (Å²) >= 11 is 0. The number of hydrogen-bond donors (Lipinski definition) is 3. The van der Waals surface area contributed by atoms with Gasteiger partial charge in [-0.2, -0.15) is 0 Å². The molecule has 0 aliphatic rings. The summed E-state index contributed by atoms with van der Waals surface area (Å²) in [5.74, 6) is -2.47. The summed E-state index contributed by atoms with van der Waals surface area (Å²) in [6.45, 7) is 1.05. The molecule has 0 fully saturated rings. The maximum atomic E-state index is 12.8. The quantitative estimate of drug-likeness (QED) is 0.687. The van der Waals surface area contributed by atoms with Crippen molar-refractivity contribution in [1.82, 2.24) is 4.98 Å². The van der Waals surface area contributed by atoms with Crippen LogP contribution in [0.2, 0.25) is 0 Å². The van der Waals surface area contributed by atoms with Gasteiger partial charge < -0.3 is 15.7 Å². The number of hydrogen-bond acceptors (Lipinski definition) is 4. The normalized spacial score (nSPS) is 11.3. The molecule has 1 aromatic heterocycles. The Morgan fingerprint density at radius 2 is 2.18 bits per heavy atom. The summed E-state index contributed by atoms with van der Waals surface area (Å²) in [6, 6.07) is 3.26. The number of nitrogens with one attached hydrogen (secondary N) is 2. The number of aliphatic hydroxyl groups is 1. The summed E-state index contributed by atoms with van der Waals surface area (Å²) < 4.78 is 25.6. The zero-order valence-electron chi connectivity index (χ0n) is 9.71. The fraction of sp³-hybridized carbons (Fsp3) is 0.545. The van der Waals surface area contributed by atoms with Crippen molar-refractivity contribution in [3.63, 3.8) is 0 Å². The maximum absolute atomic E-state index is 12.8. The van der Waals surface area contributed by atoms with Gasteiger partial charge in [-0.05, 0) is 12.5 Å². The molecule has 6 heteroatoms. The highest BCUT2D eigenvalue weighted by atomic mass is 19.3. The Hall–Kier alpha value is -1.43. The van der Waals surface area contributed by atoms with E-state index in [0.29, 0.717) is 11.5 Å². The minimum absolute atomic E-state index is 0.548. The van der Waals surface area contributed by atoms with Crippen LogP contribution in [-0.2, 0) is 0 Å². The van der Waals surface area contributed by atoms with E-state index >= 15 is 0 Å². The molecule has 0 unspecified atom stereocenters. The number of pyridine rings is 1. The minimum Gasteiger partial charge on any atom is -0.390 e. The maximum Gasteiger partial charge on any atom is 0.287 e. The van der Waals surface area contributed by atoms with Crippen LogP contribution >= 0.6 is 0 Å². The zero-order chi connectivity index (χ0) is 12.7. The first-order valence-electron chi connectivity index (χ1n) is 5.50. The van der Waals surface area contributed by atoms with Gasteiger partial charge in [-0.15, -0.1) is 0 Å². The average molecular weight is 245 g/mol. The number of nitrogens with zero attached hydrogens (tertiary/aromatic N) is 1. The van der Waals surface area contributed by atoms with E-state index in [-0.39, 0.29) is 0 Å². The predicted molar refractivity (Wildman–Crippen MR) is 63.5 cm³/mol. The van der Waals surface area contributed by atoms with E-state index in [4.69, 9.17) is 5.11 Å². The largest absolute Gasteiger partial charge is 0.390 e. The molecule has 0 aliphatic carbocycles. The highest BCUT2D eigenvalue weighted by Gasteiger charge is 2.27. The van der Waals surface area contributed by atoms with Crippen LogP contribution in [0.15, 0.2) is 18.3 Å². The van der Waals surface area contributed by atoms with Crippen LogP contribution in [-0.4, -0.2) is 35.7 Å². The summed E-state index contributed by atoms with van der Waals surface area (Å²) in [5.41, 5.74) is 0.548. The van der Waals surface area contributed by atoms with Crippen LogP contribution in [0.5, 0.6) is 0 Å². The molecule has 0 amide bonds. The van der Waals surface area contributed by atoms with E-state index in [0.717, 1.165) is 13.0 Å². The Balaban J connectivity index is 2.53.